The predicted octanol–water partition coefficient (Wildman–Crippen LogP) is 7.63. The van der Waals surface area contributed by atoms with Crippen LogP contribution in [0.2, 0.25) is 0 Å². The largest absolute Gasteiger partial charge is 0.486 e. The summed E-state index contributed by atoms with van der Waals surface area (Å²) in [4.78, 5) is 27.5. The zero-order valence-corrected chi connectivity index (χ0v) is 30.8. The van der Waals surface area contributed by atoms with Gasteiger partial charge < -0.3 is 38.2 Å². The second kappa shape index (κ2) is 14.6. The molecule has 11 nitrogen and oxygen atoms in total. The summed E-state index contributed by atoms with van der Waals surface area (Å²) < 4.78 is 52.3. The van der Waals surface area contributed by atoms with E-state index in [2.05, 4.69) is 11.0 Å². The van der Waals surface area contributed by atoms with E-state index < -0.39 is 11.4 Å². The molecule has 3 saturated heterocycles. The van der Waals surface area contributed by atoms with Crippen LogP contribution >= 0.6 is 0 Å². The third-order valence-corrected chi connectivity index (χ3v) is 10.3. The van der Waals surface area contributed by atoms with Gasteiger partial charge in [0.05, 0.1) is 30.9 Å². The number of halogens is 1. The molecule has 4 aliphatic rings. The molecule has 1 amide bonds. The Kier molecular flexibility index (Phi) is 9.76. The van der Waals surface area contributed by atoms with Crippen LogP contribution in [-0.4, -0.2) is 85.0 Å². The average molecular weight is 727 g/mol. The van der Waals surface area contributed by atoms with Crippen molar-refractivity contribution in [1.82, 2.24) is 14.9 Å². The highest BCUT2D eigenvalue weighted by atomic mass is 19.1. The number of carbonyl (C=O) groups excluding carboxylic acids is 1. The fourth-order valence-electron chi connectivity index (χ4n) is 7.74. The molecule has 3 aromatic carbocycles. The zero-order chi connectivity index (χ0) is 36.7. The van der Waals surface area contributed by atoms with Crippen molar-refractivity contribution < 1.29 is 37.6 Å². The zero-order valence-electron chi connectivity index (χ0n) is 30.8. The second-order valence-electron chi connectivity index (χ2n) is 15.4. The maximum absolute atomic E-state index is 16.3. The van der Waals surface area contributed by atoms with Gasteiger partial charge in [-0.3, -0.25) is 0 Å². The van der Waals surface area contributed by atoms with E-state index in [1.807, 2.05) is 56.0 Å². The summed E-state index contributed by atoms with van der Waals surface area (Å²) in [5.74, 6) is 1.27. The Morgan fingerprint density at radius 1 is 0.943 bits per heavy atom. The van der Waals surface area contributed by atoms with Crippen molar-refractivity contribution in [3.8, 4) is 28.6 Å². The molecule has 8 rings (SSSR count). The van der Waals surface area contributed by atoms with Gasteiger partial charge in [-0.15, -0.1) is 0 Å². The molecule has 1 aliphatic carbocycles. The summed E-state index contributed by atoms with van der Waals surface area (Å²) in [6.45, 7) is 8.13. The van der Waals surface area contributed by atoms with E-state index in [4.69, 9.17) is 38.4 Å². The number of nitrogens with zero attached hydrogens (tertiary/aromatic N) is 4. The van der Waals surface area contributed by atoms with E-state index in [0.717, 1.165) is 41.6 Å². The Bertz CT molecular complexity index is 1960. The Balaban J connectivity index is 1.30. The van der Waals surface area contributed by atoms with Gasteiger partial charge in [0, 0.05) is 44.0 Å². The molecule has 1 aromatic heterocycles. The van der Waals surface area contributed by atoms with Crippen molar-refractivity contribution >= 4 is 22.8 Å². The molecule has 12 heteroatoms. The minimum atomic E-state index is -0.586. The normalized spacial score (nSPS) is 20.2. The Morgan fingerprint density at radius 3 is 2.43 bits per heavy atom. The summed E-state index contributed by atoms with van der Waals surface area (Å²) in [5.41, 5.74) is 2.77. The molecular weight excluding hydrogens is 679 g/mol. The summed E-state index contributed by atoms with van der Waals surface area (Å²) in [5, 5.41) is 0.796. The Morgan fingerprint density at radius 2 is 1.74 bits per heavy atom. The number of hydrogen-bond donors (Lipinski definition) is 0. The lowest BCUT2D eigenvalue weighted by Gasteiger charge is -2.36. The third kappa shape index (κ3) is 7.44. The molecule has 0 spiro atoms. The predicted molar refractivity (Wildman–Crippen MR) is 197 cm³/mol. The maximum atomic E-state index is 16.3. The van der Waals surface area contributed by atoms with Gasteiger partial charge in [-0.2, -0.15) is 9.97 Å². The molecule has 0 N–H and O–H groups in total. The molecule has 4 aromatic rings. The van der Waals surface area contributed by atoms with Crippen molar-refractivity contribution in [3.63, 3.8) is 0 Å². The van der Waals surface area contributed by atoms with Gasteiger partial charge in [-0.05, 0) is 75.3 Å². The molecule has 280 valence electrons. The Labute approximate surface area is 309 Å². The van der Waals surface area contributed by atoms with Crippen LogP contribution in [0.5, 0.6) is 17.5 Å². The first-order valence-corrected chi connectivity index (χ1v) is 18.6. The van der Waals surface area contributed by atoms with Gasteiger partial charge in [0.15, 0.2) is 12.5 Å². The van der Waals surface area contributed by atoms with Crippen molar-refractivity contribution in [2.45, 2.75) is 89.2 Å². The van der Waals surface area contributed by atoms with E-state index in [-0.39, 0.29) is 49.6 Å². The SMILES string of the molecule is COCOc1cccc(F)c1-c1c(C2CC2)cc2c(N3C[C@@H]4C[C@H]3CN4C(=O)OC(C)(C)C)nc(OC3CCOCC3)nc2c1OCc1ccccc1. The highest BCUT2D eigenvalue weighted by Gasteiger charge is 2.48. The van der Waals surface area contributed by atoms with E-state index in [1.165, 1.54) is 13.2 Å². The first-order chi connectivity index (χ1) is 25.7. The summed E-state index contributed by atoms with van der Waals surface area (Å²) >= 11 is 0. The highest BCUT2D eigenvalue weighted by Crippen LogP contribution is 2.54. The lowest BCUT2D eigenvalue weighted by atomic mass is 9.92. The lowest BCUT2D eigenvalue weighted by molar-refractivity contribution is 0.0206. The van der Waals surface area contributed by atoms with Gasteiger partial charge in [-0.25, -0.2) is 9.18 Å². The quantitative estimate of drug-likeness (QED) is 0.143. The Hall–Kier alpha value is -4.68. The lowest BCUT2D eigenvalue weighted by Crippen LogP contribution is -2.50. The van der Waals surface area contributed by atoms with Crippen LogP contribution in [0, 0.1) is 5.82 Å². The molecule has 1 saturated carbocycles. The number of carbonyl (C=O) groups is 1. The minimum Gasteiger partial charge on any atom is -0.486 e. The number of fused-ring (bicyclic) bond motifs is 3. The van der Waals surface area contributed by atoms with Crippen LogP contribution in [0.15, 0.2) is 54.6 Å². The number of hydrogen-bond acceptors (Lipinski definition) is 10. The van der Waals surface area contributed by atoms with Crippen LogP contribution in [0.1, 0.15) is 69.9 Å². The fraction of sp³-hybridized carbons (Fsp3) is 0.488. The third-order valence-electron chi connectivity index (χ3n) is 10.3. The fourth-order valence-corrected chi connectivity index (χ4v) is 7.74. The summed E-state index contributed by atoms with van der Waals surface area (Å²) in [7, 11) is 1.54. The molecule has 4 heterocycles. The number of ether oxygens (including phenoxy) is 6. The first kappa shape index (κ1) is 35.4. The summed E-state index contributed by atoms with van der Waals surface area (Å²) in [6, 6.07) is 17.1. The van der Waals surface area contributed by atoms with Crippen LogP contribution in [0.3, 0.4) is 0 Å². The number of rotatable bonds is 11. The molecule has 3 aliphatic heterocycles. The van der Waals surface area contributed by atoms with Gasteiger partial charge >= 0.3 is 12.1 Å². The molecule has 2 bridgehead atoms. The summed E-state index contributed by atoms with van der Waals surface area (Å²) in [6.07, 6.45) is 3.73. The van der Waals surface area contributed by atoms with Crippen molar-refractivity contribution in [3.05, 3.63) is 71.5 Å². The number of anilines is 1. The number of benzene rings is 3. The molecule has 0 unspecified atom stereocenters. The number of likely N-dealkylation sites (tertiary alicyclic amines) is 1. The smallest absolute Gasteiger partial charge is 0.410 e. The van der Waals surface area contributed by atoms with Crippen LogP contribution in [0.25, 0.3) is 22.0 Å². The van der Waals surface area contributed by atoms with Gasteiger partial charge in [0.1, 0.15) is 41.2 Å². The van der Waals surface area contributed by atoms with E-state index in [0.29, 0.717) is 67.3 Å². The first-order valence-electron chi connectivity index (χ1n) is 18.6. The molecule has 53 heavy (non-hydrogen) atoms. The molecule has 2 atom stereocenters. The molecule has 4 fully saturated rings. The van der Waals surface area contributed by atoms with Crippen LogP contribution < -0.4 is 19.1 Å². The van der Waals surface area contributed by atoms with Gasteiger partial charge in [0.2, 0.25) is 0 Å². The van der Waals surface area contributed by atoms with Crippen molar-refractivity contribution in [2.24, 2.45) is 0 Å². The van der Waals surface area contributed by atoms with Crippen LogP contribution in [0.4, 0.5) is 15.0 Å². The maximum Gasteiger partial charge on any atom is 0.410 e. The van der Waals surface area contributed by atoms with E-state index in [9.17, 15) is 4.79 Å². The number of methoxy groups -OCH3 is 1. The number of piperazine rings is 1. The molecule has 0 radical (unpaired) electrons. The van der Waals surface area contributed by atoms with Gasteiger partial charge in [-0.1, -0.05) is 36.4 Å². The standard InChI is InChI=1S/C41H47FN4O7/c1-41(2,3)53-40(47)46-22-27-19-28(46)21-45(27)38-31-20-30(26-13-14-26)34(35-32(42)11-8-12-33(35)51-24-48-4)37(50-23-25-9-6-5-7-10-25)36(31)43-39(44-38)52-29-15-17-49-18-16-29/h5-12,20,26-29H,13-19,21-24H2,1-4H3/t27-,28-/m0/s1. The van der Waals surface area contributed by atoms with E-state index >= 15 is 4.39 Å². The van der Waals surface area contributed by atoms with E-state index in [1.54, 1.807) is 12.1 Å². The van der Waals surface area contributed by atoms with Crippen LogP contribution in [-0.2, 0) is 20.8 Å². The number of amides is 1. The van der Waals surface area contributed by atoms with Gasteiger partial charge in [0.25, 0.3) is 0 Å². The highest BCUT2D eigenvalue weighted by molar-refractivity contribution is 6.01. The van der Waals surface area contributed by atoms with Crippen molar-refractivity contribution in [1.29, 1.82) is 0 Å². The minimum absolute atomic E-state index is 0.0138. The second-order valence-corrected chi connectivity index (χ2v) is 15.4. The monoisotopic (exact) mass is 726 g/mol. The molecular formula is C41H47FN4O7. The topological polar surface area (TPSA) is 105 Å². The number of aromatic nitrogens is 2. The average Bonchev–Trinajstić information content (AvgIpc) is 3.79. The van der Waals surface area contributed by atoms with Crippen molar-refractivity contribution in [2.75, 3.05) is 45.1 Å².